The van der Waals surface area contributed by atoms with Crippen molar-refractivity contribution in [1.29, 1.82) is 0 Å². The van der Waals surface area contributed by atoms with Crippen LogP contribution in [0.3, 0.4) is 0 Å². The van der Waals surface area contributed by atoms with Crippen LogP contribution in [-0.2, 0) is 0 Å². The molecule has 0 amide bonds. The van der Waals surface area contributed by atoms with Crippen molar-refractivity contribution in [3.05, 3.63) is 53.6 Å². The van der Waals surface area contributed by atoms with Crippen LogP contribution in [0.15, 0.2) is 42.5 Å². The molecule has 20 heavy (non-hydrogen) atoms. The van der Waals surface area contributed by atoms with Crippen LogP contribution in [0.1, 0.15) is 17.2 Å². The fourth-order valence-corrected chi connectivity index (χ4v) is 2.06. The molecular weight excluding hydrogens is 252 g/mol. The van der Waals surface area contributed by atoms with Gasteiger partial charge in [-0.15, -0.1) is 0 Å². The van der Waals surface area contributed by atoms with E-state index < -0.39 is 6.10 Å². The number of aryl methyl sites for hydroxylation is 1. The second-order valence-electron chi connectivity index (χ2n) is 4.71. The smallest absolute Gasteiger partial charge is 0.141 e. The molecular formula is C16H20N2O2. The molecule has 0 saturated heterocycles. The van der Waals surface area contributed by atoms with Crippen molar-refractivity contribution in [2.24, 2.45) is 0 Å². The van der Waals surface area contributed by atoms with E-state index in [9.17, 15) is 5.11 Å². The Hall–Kier alpha value is -2.20. The Kier molecular flexibility index (Phi) is 4.48. The number of aliphatic hydroxyl groups is 1. The van der Waals surface area contributed by atoms with Crippen molar-refractivity contribution in [3.63, 3.8) is 0 Å². The van der Waals surface area contributed by atoms with Gasteiger partial charge in [-0.3, -0.25) is 0 Å². The van der Waals surface area contributed by atoms with E-state index in [4.69, 9.17) is 10.5 Å². The minimum Gasteiger partial charge on any atom is -0.495 e. The molecule has 0 aromatic heterocycles. The molecule has 4 nitrogen and oxygen atoms in total. The Balaban J connectivity index is 2.03. The van der Waals surface area contributed by atoms with Crippen LogP contribution in [0.25, 0.3) is 0 Å². The first-order valence-corrected chi connectivity index (χ1v) is 6.53. The Morgan fingerprint density at radius 3 is 2.65 bits per heavy atom. The number of nitrogens with one attached hydrogen (secondary N) is 1. The van der Waals surface area contributed by atoms with Gasteiger partial charge in [0.25, 0.3) is 0 Å². The van der Waals surface area contributed by atoms with Crippen LogP contribution in [-0.4, -0.2) is 18.8 Å². The van der Waals surface area contributed by atoms with Crippen molar-refractivity contribution in [2.45, 2.75) is 13.0 Å². The maximum absolute atomic E-state index is 10.2. The van der Waals surface area contributed by atoms with Crippen molar-refractivity contribution in [2.75, 3.05) is 24.7 Å². The van der Waals surface area contributed by atoms with E-state index in [0.717, 1.165) is 16.8 Å². The molecule has 0 aliphatic carbocycles. The minimum atomic E-state index is -0.622. The summed E-state index contributed by atoms with van der Waals surface area (Å²) in [6, 6.07) is 13.3. The number of anilines is 2. The maximum Gasteiger partial charge on any atom is 0.141 e. The molecule has 0 saturated carbocycles. The molecule has 2 aromatic rings. The fraction of sp³-hybridized carbons (Fsp3) is 0.250. The van der Waals surface area contributed by atoms with Gasteiger partial charge in [0.15, 0.2) is 0 Å². The number of nitrogens with two attached hydrogens (primary N) is 1. The molecule has 0 aliphatic heterocycles. The molecule has 2 rings (SSSR count). The lowest BCUT2D eigenvalue weighted by Crippen LogP contribution is -2.13. The second-order valence-corrected chi connectivity index (χ2v) is 4.71. The van der Waals surface area contributed by atoms with Crippen molar-refractivity contribution < 1.29 is 9.84 Å². The lowest BCUT2D eigenvalue weighted by atomic mass is 10.1. The number of para-hydroxylation sites is 1. The summed E-state index contributed by atoms with van der Waals surface area (Å²) in [6.07, 6.45) is -0.622. The van der Waals surface area contributed by atoms with Gasteiger partial charge in [0.1, 0.15) is 5.75 Å². The zero-order chi connectivity index (χ0) is 14.5. The third-order valence-corrected chi connectivity index (χ3v) is 3.27. The molecule has 4 N–H and O–H groups in total. The van der Waals surface area contributed by atoms with Crippen molar-refractivity contribution >= 4 is 11.4 Å². The summed E-state index contributed by atoms with van der Waals surface area (Å²) in [5.74, 6) is 0.618. The molecule has 1 atom stereocenters. The molecule has 0 spiro atoms. The number of ether oxygens (including phenoxy) is 1. The minimum absolute atomic E-state index is 0.427. The third-order valence-electron chi connectivity index (χ3n) is 3.27. The number of hydrogen-bond acceptors (Lipinski definition) is 4. The zero-order valence-corrected chi connectivity index (χ0v) is 11.8. The highest BCUT2D eigenvalue weighted by Crippen LogP contribution is 2.25. The van der Waals surface area contributed by atoms with Crippen molar-refractivity contribution in [1.82, 2.24) is 0 Å². The fourth-order valence-electron chi connectivity index (χ4n) is 2.06. The highest BCUT2D eigenvalue weighted by Gasteiger charge is 2.10. The van der Waals surface area contributed by atoms with Gasteiger partial charge in [0.2, 0.25) is 0 Å². The van der Waals surface area contributed by atoms with Gasteiger partial charge in [0, 0.05) is 12.2 Å². The number of nitrogen functional groups attached to an aromatic ring is 1. The van der Waals surface area contributed by atoms with Gasteiger partial charge in [-0.25, -0.2) is 0 Å². The third kappa shape index (κ3) is 3.22. The van der Waals surface area contributed by atoms with Crippen LogP contribution >= 0.6 is 0 Å². The van der Waals surface area contributed by atoms with E-state index in [1.807, 2.05) is 37.3 Å². The van der Waals surface area contributed by atoms with Crippen LogP contribution in [0.4, 0.5) is 11.4 Å². The maximum atomic E-state index is 10.2. The van der Waals surface area contributed by atoms with E-state index in [-0.39, 0.29) is 0 Å². The first kappa shape index (κ1) is 14.2. The number of aliphatic hydroxyl groups excluding tert-OH is 1. The van der Waals surface area contributed by atoms with E-state index in [1.54, 1.807) is 19.2 Å². The summed E-state index contributed by atoms with van der Waals surface area (Å²) in [4.78, 5) is 0. The highest BCUT2D eigenvalue weighted by atomic mass is 16.5. The van der Waals surface area contributed by atoms with E-state index in [2.05, 4.69) is 5.32 Å². The number of benzene rings is 2. The summed E-state index contributed by atoms with van der Waals surface area (Å²) in [5.41, 5.74) is 9.31. The predicted molar refractivity (Wildman–Crippen MR) is 82.0 cm³/mol. The van der Waals surface area contributed by atoms with E-state index in [0.29, 0.717) is 18.0 Å². The van der Waals surface area contributed by atoms with Crippen molar-refractivity contribution in [3.8, 4) is 5.75 Å². The van der Waals surface area contributed by atoms with Gasteiger partial charge in [-0.1, -0.05) is 24.3 Å². The summed E-state index contributed by atoms with van der Waals surface area (Å²) in [6.45, 7) is 2.46. The molecule has 0 aliphatic rings. The molecule has 4 heteroatoms. The molecule has 2 aromatic carbocycles. The molecule has 0 heterocycles. The highest BCUT2D eigenvalue weighted by molar-refractivity contribution is 5.55. The Bertz CT molecular complexity index is 584. The molecule has 0 radical (unpaired) electrons. The summed E-state index contributed by atoms with van der Waals surface area (Å²) >= 11 is 0. The molecule has 0 fully saturated rings. The lowest BCUT2D eigenvalue weighted by molar-refractivity contribution is 0.191. The standard InChI is InChI=1S/C16H20N2O2/c1-11-5-3-4-6-14(11)18-10-15(19)12-7-8-16(20-2)13(17)9-12/h3-9,15,18-19H,10,17H2,1-2H3. The van der Waals surface area contributed by atoms with Crippen LogP contribution in [0, 0.1) is 6.92 Å². The Labute approximate surface area is 119 Å². The van der Waals surface area contributed by atoms with Gasteiger partial charge >= 0.3 is 0 Å². The first-order valence-electron chi connectivity index (χ1n) is 6.53. The van der Waals surface area contributed by atoms with Crippen LogP contribution < -0.4 is 15.8 Å². The normalized spacial score (nSPS) is 11.9. The summed E-state index contributed by atoms with van der Waals surface area (Å²) < 4.78 is 5.10. The predicted octanol–water partition coefficient (Wildman–Crippen LogP) is 2.73. The summed E-state index contributed by atoms with van der Waals surface area (Å²) in [7, 11) is 1.57. The quantitative estimate of drug-likeness (QED) is 0.732. The summed E-state index contributed by atoms with van der Waals surface area (Å²) in [5, 5.41) is 13.4. The number of hydrogen-bond donors (Lipinski definition) is 3. The topological polar surface area (TPSA) is 67.5 Å². The largest absolute Gasteiger partial charge is 0.495 e. The lowest BCUT2D eigenvalue weighted by Gasteiger charge is -2.16. The van der Waals surface area contributed by atoms with Crippen LogP contribution in [0.5, 0.6) is 5.75 Å². The monoisotopic (exact) mass is 272 g/mol. The second kappa shape index (κ2) is 6.30. The molecule has 0 bridgehead atoms. The Morgan fingerprint density at radius 2 is 2.00 bits per heavy atom. The van der Waals surface area contributed by atoms with Gasteiger partial charge < -0.3 is 20.9 Å². The molecule has 1 unspecified atom stereocenters. The van der Waals surface area contributed by atoms with Gasteiger partial charge in [-0.2, -0.15) is 0 Å². The Morgan fingerprint density at radius 1 is 1.25 bits per heavy atom. The van der Waals surface area contributed by atoms with Gasteiger partial charge in [-0.05, 0) is 36.2 Å². The average Bonchev–Trinajstić information content (AvgIpc) is 2.46. The SMILES string of the molecule is COc1ccc(C(O)CNc2ccccc2C)cc1N. The number of rotatable bonds is 5. The average molecular weight is 272 g/mol. The zero-order valence-electron chi connectivity index (χ0n) is 11.8. The van der Waals surface area contributed by atoms with Crippen LogP contribution in [0.2, 0.25) is 0 Å². The molecule has 106 valence electrons. The van der Waals surface area contributed by atoms with E-state index in [1.165, 1.54) is 0 Å². The first-order chi connectivity index (χ1) is 9.61. The van der Waals surface area contributed by atoms with Gasteiger partial charge in [0.05, 0.1) is 18.9 Å². The van der Waals surface area contributed by atoms with E-state index >= 15 is 0 Å². The number of methoxy groups -OCH3 is 1.